The van der Waals surface area contributed by atoms with Gasteiger partial charge in [-0.15, -0.1) is 11.8 Å². The molecule has 0 aliphatic heterocycles. The van der Waals surface area contributed by atoms with Crippen LogP contribution in [0.1, 0.15) is 5.56 Å². The standard InChI is InChI=1S/C12H12ClN3S/c1-14-11-6-12(16-8-15-11)17-7-9-4-2-3-5-10(9)13/h2-6,8H,7H2,1H3,(H,14,15,16). The minimum absolute atomic E-state index is 0.794. The summed E-state index contributed by atoms with van der Waals surface area (Å²) in [5.41, 5.74) is 1.11. The molecule has 0 unspecified atom stereocenters. The molecule has 0 saturated carbocycles. The van der Waals surface area contributed by atoms with Crippen molar-refractivity contribution in [2.45, 2.75) is 10.8 Å². The number of benzene rings is 1. The molecule has 0 bridgehead atoms. The van der Waals surface area contributed by atoms with E-state index in [1.54, 1.807) is 18.1 Å². The summed E-state index contributed by atoms with van der Waals surface area (Å²) >= 11 is 7.73. The van der Waals surface area contributed by atoms with E-state index in [1.807, 2.05) is 37.4 Å². The minimum atomic E-state index is 0.794. The number of halogens is 1. The van der Waals surface area contributed by atoms with Gasteiger partial charge in [0.25, 0.3) is 0 Å². The Hall–Kier alpha value is -1.26. The van der Waals surface area contributed by atoms with Gasteiger partial charge in [0.1, 0.15) is 17.2 Å². The van der Waals surface area contributed by atoms with Gasteiger partial charge in [-0.05, 0) is 11.6 Å². The molecular formula is C12H12ClN3S. The van der Waals surface area contributed by atoms with Gasteiger partial charge in [-0.3, -0.25) is 0 Å². The van der Waals surface area contributed by atoms with Crippen LogP contribution in [-0.2, 0) is 5.75 Å². The zero-order valence-corrected chi connectivity index (χ0v) is 10.9. The van der Waals surface area contributed by atoms with Crippen LogP contribution in [0.5, 0.6) is 0 Å². The maximum absolute atomic E-state index is 6.09. The summed E-state index contributed by atoms with van der Waals surface area (Å²) in [5, 5.41) is 4.72. The molecule has 1 heterocycles. The summed E-state index contributed by atoms with van der Waals surface area (Å²) in [6.07, 6.45) is 1.56. The monoisotopic (exact) mass is 265 g/mol. The summed E-state index contributed by atoms with van der Waals surface area (Å²) in [5.74, 6) is 1.63. The van der Waals surface area contributed by atoms with E-state index in [-0.39, 0.29) is 0 Å². The first-order valence-corrected chi connectivity index (χ1v) is 6.52. The zero-order chi connectivity index (χ0) is 12.1. The Bertz CT molecular complexity index is 505. The predicted molar refractivity (Wildman–Crippen MR) is 72.6 cm³/mol. The predicted octanol–water partition coefficient (Wildman–Crippen LogP) is 3.46. The topological polar surface area (TPSA) is 37.8 Å². The lowest BCUT2D eigenvalue weighted by Crippen LogP contribution is -1.93. The van der Waals surface area contributed by atoms with Crippen molar-refractivity contribution in [3.05, 3.63) is 47.2 Å². The van der Waals surface area contributed by atoms with Crippen LogP contribution in [0.25, 0.3) is 0 Å². The number of nitrogens with one attached hydrogen (secondary N) is 1. The van der Waals surface area contributed by atoms with Gasteiger partial charge in [0.15, 0.2) is 0 Å². The zero-order valence-electron chi connectivity index (χ0n) is 9.35. The molecule has 0 atom stereocenters. The third-order valence-corrected chi connectivity index (χ3v) is 3.57. The van der Waals surface area contributed by atoms with Crippen molar-refractivity contribution in [1.82, 2.24) is 9.97 Å². The largest absolute Gasteiger partial charge is 0.373 e. The molecule has 1 aromatic carbocycles. The van der Waals surface area contributed by atoms with Crippen molar-refractivity contribution >= 4 is 29.2 Å². The second-order valence-electron chi connectivity index (χ2n) is 3.37. The Morgan fingerprint density at radius 3 is 2.88 bits per heavy atom. The maximum atomic E-state index is 6.09. The summed E-state index contributed by atoms with van der Waals surface area (Å²) in [4.78, 5) is 8.27. The molecule has 3 nitrogen and oxygen atoms in total. The van der Waals surface area contributed by atoms with Gasteiger partial charge in [0, 0.05) is 23.9 Å². The molecule has 17 heavy (non-hydrogen) atoms. The molecule has 1 N–H and O–H groups in total. The lowest BCUT2D eigenvalue weighted by molar-refractivity contribution is 1.05. The Morgan fingerprint density at radius 2 is 2.12 bits per heavy atom. The van der Waals surface area contributed by atoms with E-state index in [1.165, 1.54) is 0 Å². The van der Waals surface area contributed by atoms with Crippen molar-refractivity contribution in [2.75, 3.05) is 12.4 Å². The summed E-state index contributed by atoms with van der Waals surface area (Å²) in [6, 6.07) is 9.76. The highest BCUT2D eigenvalue weighted by atomic mass is 35.5. The maximum Gasteiger partial charge on any atom is 0.130 e. The fraction of sp³-hybridized carbons (Fsp3) is 0.167. The van der Waals surface area contributed by atoms with Gasteiger partial charge >= 0.3 is 0 Å². The van der Waals surface area contributed by atoms with Gasteiger partial charge < -0.3 is 5.32 Å². The van der Waals surface area contributed by atoms with Crippen LogP contribution in [0, 0.1) is 0 Å². The molecule has 0 fully saturated rings. The summed E-state index contributed by atoms with van der Waals surface area (Å²) in [6.45, 7) is 0. The SMILES string of the molecule is CNc1cc(SCc2ccccc2Cl)ncn1. The quantitative estimate of drug-likeness (QED) is 0.679. The second kappa shape index (κ2) is 5.89. The molecule has 2 aromatic rings. The van der Waals surface area contributed by atoms with Crippen molar-refractivity contribution in [3.63, 3.8) is 0 Å². The Kier molecular flexibility index (Phi) is 4.23. The number of anilines is 1. The third-order valence-electron chi connectivity index (χ3n) is 2.23. The van der Waals surface area contributed by atoms with E-state index >= 15 is 0 Å². The third kappa shape index (κ3) is 3.35. The highest BCUT2D eigenvalue weighted by Gasteiger charge is 2.02. The summed E-state index contributed by atoms with van der Waals surface area (Å²) < 4.78 is 0. The fourth-order valence-electron chi connectivity index (χ4n) is 1.32. The Labute approximate surface area is 110 Å². The van der Waals surface area contributed by atoms with Gasteiger partial charge in [-0.2, -0.15) is 0 Å². The molecule has 1 aromatic heterocycles. The van der Waals surface area contributed by atoms with Crippen LogP contribution >= 0.6 is 23.4 Å². The Balaban J connectivity index is 2.05. The van der Waals surface area contributed by atoms with E-state index in [2.05, 4.69) is 15.3 Å². The molecular weight excluding hydrogens is 254 g/mol. The van der Waals surface area contributed by atoms with Crippen LogP contribution in [-0.4, -0.2) is 17.0 Å². The first kappa shape index (κ1) is 12.2. The number of rotatable bonds is 4. The average Bonchev–Trinajstić information content (AvgIpc) is 2.38. The van der Waals surface area contributed by atoms with Gasteiger partial charge in [0.2, 0.25) is 0 Å². The second-order valence-corrected chi connectivity index (χ2v) is 4.77. The number of hydrogen-bond donors (Lipinski definition) is 1. The number of thioether (sulfide) groups is 1. The number of hydrogen-bond acceptors (Lipinski definition) is 4. The average molecular weight is 266 g/mol. The minimum Gasteiger partial charge on any atom is -0.373 e. The first-order chi connectivity index (χ1) is 8.29. The smallest absolute Gasteiger partial charge is 0.130 e. The lowest BCUT2D eigenvalue weighted by Gasteiger charge is -2.04. The van der Waals surface area contributed by atoms with Crippen molar-refractivity contribution in [3.8, 4) is 0 Å². The van der Waals surface area contributed by atoms with Crippen LogP contribution < -0.4 is 5.32 Å². The van der Waals surface area contributed by atoms with E-state index < -0.39 is 0 Å². The highest BCUT2D eigenvalue weighted by molar-refractivity contribution is 7.98. The van der Waals surface area contributed by atoms with Crippen molar-refractivity contribution < 1.29 is 0 Å². The molecule has 5 heteroatoms. The lowest BCUT2D eigenvalue weighted by atomic mass is 10.2. The van der Waals surface area contributed by atoms with E-state index in [0.717, 1.165) is 27.2 Å². The molecule has 0 radical (unpaired) electrons. The van der Waals surface area contributed by atoms with Crippen LogP contribution in [0.3, 0.4) is 0 Å². The van der Waals surface area contributed by atoms with Crippen LogP contribution in [0.15, 0.2) is 41.7 Å². The first-order valence-electron chi connectivity index (χ1n) is 5.15. The molecule has 0 spiro atoms. The Morgan fingerprint density at radius 1 is 1.29 bits per heavy atom. The van der Waals surface area contributed by atoms with Gasteiger partial charge in [-0.25, -0.2) is 9.97 Å². The molecule has 0 aliphatic carbocycles. The molecule has 88 valence electrons. The van der Waals surface area contributed by atoms with Gasteiger partial charge in [0.05, 0.1) is 0 Å². The molecule has 2 rings (SSSR count). The van der Waals surface area contributed by atoms with Crippen LogP contribution in [0.4, 0.5) is 5.82 Å². The van der Waals surface area contributed by atoms with Crippen LogP contribution in [0.2, 0.25) is 5.02 Å². The van der Waals surface area contributed by atoms with Crippen molar-refractivity contribution in [1.29, 1.82) is 0 Å². The molecule has 0 saturated heterocycles. The summed E-state index contributed by atoms with van der Waals surface area (Å²) in [7, 11) is 1.84. The highest BCUT2D eigenvalue weighted by Crippen LogP contribution is 2.25. The van der Waals surface area contributed by atoms with E-state index in [0.29, 0.717) is 0 Å². The number of aromatic nitrogens is 2. The van der Waals surface area contributed by atoms with E-state index in [9.17, 15) is 0 Å². The molecule has 0 amide bonds. The van der Waals surface area contributed by atoms with E-state index in [4.69, 9.17) is 11.6 Å². The fourth-order valence-corrected chi connectivity index (χ4v) is 2.48. The van der Waals surface area contributed by atoms with Crippen molar-refractivity contribution in [2.24, 2.45) is 0 Å². The molecule has 0 aliphatic rings. The van der Waals surface area contributed by atoms with Gasteiger partial charge in [-0.1, -0.05) is 29.8 Å². The normalized spacial score (nSPS) is 10.2. The number of nitrogens with zero attached hydrogens (tertiary/aromatic N) is 2.